The minimum atomic E-state index is -3.46. The van der Waals surface area contributed by atoms with Crippen molar-refractivity contribution in [2.75, 3.05) is 57.5 Å². The van der Waals surface area contributed by atoms with Crippen molar-refractivity contribution in [1.29, 1.82) is 0 Å². The fourth-order valence-corrected chi connectivity index (χ4v) is 15.3. The molecule has 2 spiro atoms. The predicted octanol–water partition coefficient (Wildman–Crippen LogP) is 1.67. The van der Waals surface area contributed by atoms with E-state index in [4.69, 9.17) is 62.9 Å². The number of carbonyl (C=O) groups excluding carboxylic acids is 3. The van der Waals surface area contributed by atoms with Gasteiger partial charge in [0.2, 0.25) is 26.3 Å². The summed E-state index contributed by atoms with van der Waals surface area (Å²) >= 11 is 9.53. The number of ether oxygens (including phenoxy) is 3. The monoisotopic (exact) mass is 936 g/mol. The molecule has 21 heteroatoms. The Bertz CT molecular complexity index is 1710. The smallest absolute Gasteiger partial charge is 0.338 e. The van der Waals surface area contributed by atoms with Crippen LogP contribution in [-0.2, 0) is 48.6 Å². The number of rotatable bonds is 9. The van der Waals surface area contributed by atoms with E-state index in [1.165, 1.54) is 13.5 Å². The molecule has 0 aromatic rings. The van der Waals surface area contributed by atoms with Crippen LogP contribution in [0.4, 0.5) is 0 Å². The summed E-state index contributed by atoms with van der Waals surface area (Å²) < 4.78 is 67.0. The molecule has 0 radical (unpaired) electrons. The van der Waals surface area contributed by atoms with Gasteiger partial charge in [0.25, 0.3) is 5.91 Å². The van der Waals surface area contributed by atoms with Gasteiger partial charge in [-0.25, -0.2) is 30.7 Å². The van der Waals surface area contributed by atoms with E-state index in [0.29, 0.717) is 18.0 Å². The summed E-state index contributed by atoms with van der Waals surface area (Å²) in [6.45, 7) is 14.6. The molecule has 0 aromatic carbocycles. The average Bonchev–Trinajstić information content (AvgIpc) is 3.90. The molecule has 60 heavy (non-hydrogen) atoms. The van der Waals surface area contributed by atoms with Crippen LogP contribution in [-0.4, -0.2) is 153 Å². The van der Waals surface area contributed by atoms with Crippen LogP contribution in [0, 0.1) is 39.4 Å². The van der Waals surface area contributed by atoms with E-state index >= 15 is 0 Å². The molecular weight excluding hydrogens is 871 g/mol. The number of fused-ring (bicyclic) bond motifs is 2. The molecule has 4 aliphatic carbocycles. The molecule has 7 unspecified atom stereocenters. The summed E-state index contributed by atoms with van der Waals surface area (Å²) in [5, 5.41) is 42.3. The van der Waals surface area contributed by atoms with Gasteiger partial charge in [-0.3, -0.25) is 4.79 Å². The lowest BCUT2D eigenvalue weighted by atomic mass is 9.69. The summed E-state index contributed by atoms with van der Waals surface area (Å²) in [5.74, 6) is -0.0569. The molecule has 4 saturated carbocycles. The highest BCUT2D eigenvalue weighted by Gasteiger charge is 2.72. The number of nitrogens with zero attached hydrogens (tertiary/aromatic N) is 1. The van der Waals surface area contributed by atoms with Crippen LogP contribution in [0.5, 0.6) is 0 Å². The fraction of sp³-hybridized carbons (Fsp3) is 0.821. The number of amides is 1. The Hall–Kier alpha value is -1.75. The molecule has 3 aliphatic heterocycles. The quantitative estimate of drug-likeness (QED) is 0.0832. The van der Waals surface area contributed by atoms with Gasteiger partial charge in [-0.2, -0.15) is 0 Å². The van der Waals surface area contributed by atoms with Crippen molar-refractivity contribution in [3.63, 3.8) is 0 Å². The van der Waals surface area contributed by atoms with Crippen molar-refractivity contribution in [3.05, 3.63) is 24.8 Å². The number of cyclic esters (lactones) is 1. The number of esters is 1. The van der Waals surface area contributed by atoms with Gasteiger partial charge in [-0.1, -0.05) is 40.9 Å². The first kappa shape index (κ1) is 54.4. The summed E-state index contributed by atoms with van der Waals surface area (Å²) in [7, 11) is -4.09. The highest BCUT2D eigenvalue weighted by atomic mass is 35.5. The van der Waals surface area contributed by atoms with E-state index < -0.39 is 62.9 Å². The Morgan fingerprint density at radius 3 is 1.92 bits per heavy atom. The standard InChI is InChI=1S/C13H19NO3S.C11H18O7.C10H17NO2S.C3H6O2.CH2Cl2.CH4O/c1-4-11(15)14-10-7-9-5-6-13(10,12(9,2)3)8-18(14,16)17;1-6-9(7(3-12)4-13)17-11(18-10(6)15)8(5-14)16-2;1-9(2)7-3-4-10(9)6-14(12,13)11-8(10)5-7;4-2-1-3-5;2-1-3;1-2/h4,9-10H,1,5-8H2,2-3H3;7-9,11-14H,1,3-5H2,2H3;7-8,11H,3-6H2,1-2H3;2,5H,1,3H2;1H2;2H,1H3/t;8?,9-,11+;;;;/m.0..../s1. The van der Waals surface area contributed by atoms with Crippen molar-refractivity contribution >= 4 is 61.4 Å². The first-order valence-corrected chi connectivity index (χ1v) is 24.1. The maximum Gasteiger partial charge on any atom is 0.338 e. The summed E-state index contributed by atoms with van der Waals surface area (Å²) in [4.78, 5) is 32.7. The van der Waals surface area contributed by atoms with Crippen LogP contribution >= 0.6 is 23.2 Å². The zero-order valence-electron chi connectivity index (χ0n) is 35.4. The number of alkyl halides is 2. The van der Waals surface area contributed by atoms with Gasteiger partial charge in [-0.05, 0) is 67.3 Å². The predicted molar refractivity (Wildman–Crippen MR) is 224 cm³/mol. The van der Waals surface area contributed by atoms with Gasteiger partial charge >= 0.3 is 5.97 Å². The van der Waals surface area contributed by atoms with E-state index in [1.807, 2.05) is 0 Å². The van der Waals surface area contributed by atoms with Crippen molar-refractivity contribution < 1.29 is 71.0 Å². The second-order valence-corrected chi connectivity index (χ2v) is 21.4. The number of methoxy groups -OCH3 is 1. The molecule has 7 aliphatic rings. The lowest BCUT2D eigenvalue weighted by Gasteiger charge is -2.36. The molecule has 3 saturated heterocycles. The molecule has 7 rings (SSSR count). The first-order chi connectivity index (χ1) is 28.0. The molecule has 3 heterocycles. The Morgan fingerprint density at radius 1 is 0.967 bits per heavy atom. The zero-order chi connectivity index (χ0) is 46.1. The van der Waals surface area contributed by atoms with Crippen LogP contribution in [0.25, 0.3) is 0 Å². The van der Waals surface area contributed by atoms with Gasteiger partial charge in [0, 0.05) is 50.0 Å². The Labute approximate surface area is 364 Å². The minimum absolute atomic E-state index is 0.0148. The molecule has 17 nitrogen and oxygen atoms in total. The number of hydrogen-bond donors (Lipinski definition) is 6. The van der Waals surface area contributed by atoms with Crippen LogP contribution in [0.15, 0.2) is 24.8 Å². The molecular formula is C39H66Cl2N2O15S2. The highest BCUT2D eigenvalue weighted by molar-refractivity contribution is 7.90. The SMILES string of the molecule is C=C1C(=O)O[C@H](C(CO)OC)O[C@@H]1C(CO)CO.C=CC(=O)N1C2CC3CCC2(CS1(=O)=O)C3(C)C.CC1(C)C2CCC13CS(=O)(=O)NC3C2.CO.ClCCl.O=CCCO. The van der Waals surface area contributed by atoms with Gasteiger partial charge in [0.15, 0.2) is 0 Å². The average molecular weight is 938 g/mol. The van der Waals surface area contributed by atoms with Crippen LogP contribution < -0.4 is 4.72 Å². The lowest BCUT2D eigenvalue weighted by molar-refractivity contribution is -0.243. The second kappa shape index (κ2) is 22.2. The van der Waals surface area contributed by atoms with E-state index in [1.54, 1.807) is 0 Å². The topological polar surface area (TPSA) is 264 Å². The number of aliphatic hydroxyl groups is 5. The number of nitrogens with one attached hydrogen (secondary N) is 1. The Morgan fingerprint density at radius 2 is 1.50 bits per heavy atom. The molecule has 4 bridgehead atoms. The van der Waals surface area contributed by atoms with Gasteiger partial charge in [0.1, 0.15) is 18.5 Å². The minimum Gasteiger partial charge on any atom is -0.429 e. The third-order valence-corrected chi connectivity index (χ3v) is 17.5. The molecule has 9 atom stereocenters. The third kappa shape index (κ3) is 10.6. The Kier molecular flexibility index (Phi) is 20.2. The van der Waals surface area contributed by atoms with Crippen LogP contribution in [0.2, 0.25) is 0 Å². The number of aldehydes is 1. The van der Waals surface area contributed by atoms with Crippen molar-refractivity contribution in [3.8, 4) is 0 Å². The summed E-state index contributed by atoms with van der Waals surface area (Å²) in [5.41, 5.74) is 0.0769. The number of halogens is 2. The van der Waals surface area contributed by atoms with Crippen molar-refractivity contribution in [2.24, 2.45) is 39.4 Å². The van der Waals surface area contributed by atoms with Crippen molar-refractivity contribution in [2.45, 2.75) is 103 Å². The molecule has 6 N–H and O–H groups in total. The normalized spacial score (nSPS) is 33.9. The maximum absolute atomic E-state index is 12.3. The summed E-state index contributed by atoms with van der Waals surface area (Å²) in [6.07, 6.45) is 5.50. The van der Waals surface area contributed by atoms with Gasteiger partial charge in [-0.15, -0.1) is 23.2 Å². The van der Waals surface area contributed by atoms with Gasteiger partial charge in [0.05, 0.1) is 48.3 Å². The molecule has 7 fully saturated rings. The van der Waals surface area contributed by atoms with E-state index in [0.717, 1.165) is 55.5 Å². The number of aliphatic hydroxyl groups excluding tert-OH is 5. The largest absolute Gasteiger partial charge is 0.429 e. The first-order valence-electron chi connectivity index (χ1n) is 19.8. The maximum atomic E-state index is 12.3. The molecule has 0 aromatic heterocycles. The lowest BCUT2D eigenvalue weighted by Crippen LogP contribution is -2.49. The van der Waals surface area contributed by atoms with E-state index in [-0.39, 0.29) is 76.7 Å². The zero-order valence-corrected chi connectivity index (χ0v) is 38.6. The van der Waals surface area contributed by atoms with E-state index in [2.05, 4.69) is 45.6 Å². The second-order valence-electron chi connectivity index (χ2n) is 17.0. The fourth-order valence-electron chi connectivity index (χ4n) is 10.5. The Balaban J connectivity index is 0.000000280. The third-order valence-electron chi connectivity index (χ3n) is 14.0. The van der Waals surface area contributed by atoms with Crippen molar-refractivity contribution in [1.82, 2.24) is 9.03 Å². The molecule has 348 valence electrons. The number of sulfonamides is 2. The molecule has 1 amide bonds. The number of carbonyl (C=O) groups is 3. The van der Waals surface area contributed by atoms with E-state index in [9.17, 15) is 31.2 Å². The highest BCUT2D eigenvalue weighted by Crippen LogP contribution is 2.70. The van der Waals surface area contributed by atoms with Crippen LogP contribution in [0.3, 0.4) is 0 Å². The van der Waals surface area contributed by atoms with Gasteiger partial charge < -0.3 is 44.5 Å². The van der Waals surface area contributed by atoms with Crippen LogP contribution in [0.1, 0.15) is 72.6 Å². The number of hydrogen-bond acceptors (Lipinski definition) is 15. The summed E-state index contributed by atoms with van der Waals surface area (Å²) in [6, 6.07) is 0.1000.